The average molecular weight is 573 g/mol. The number of carbonyl (C=O) groups excluding carboxylic acids is 1. The number of hydrogen-bond acceptors (Lipinski definition) is 7. The zero-order valence-electron chi connectivity index (χ0n) is 20.0. The average Bonchev–Trinajstić information content (AvgIpc) is 3.29. The summed E-state index contributed by atoms with van der Waals surface area (Å²) in [5.41, 5.74) is -5.13. The minimum Gasteiger partial charge on any atom is -0.309 e. The SMILES string of the molecule is Cc1cc(-c2nc(NC(=O)C3(n4cnc5c4c(=O)n(CC(F)(F)F)c(=O)n5C)CC3)cs2)cnc1C(F)(F)F. The van der Waals surface area contributed by atoms with E-state index >= 15 is 0 Å². The Balaban J connectivity index is 1.46. The number of thiazole rings is 1. The Labute approximate surface area is 217 Å². The maximum Gasteiger partial charge on any atom is 0.433 e. The van der Waals surface area contributed by atoms with Crippen molar-refractivity contribution in [3.63, 3.8) is 0 Å². The number of aryl methyl sites for hydroxylation is 2. The molecule has 0 aliphatic heterocycles. The van der Waals surface area contributed by atoms with Crippen molar-refractivity contribution >= 4 is 34.2 Å². The molecule has 0 radical (unpaired) electrons. The van der Waals surface area contributed by atoms with Gasteiger partial charge in [-0.2, -0.15) is 26.3 Å². The molecule has 39 heavy (non-hydrogen) atoms. The Morgan fingerprint density at radius 2 is 1.85 bits per heavy atom. The van der Waals surface area contributed by atoms with Gasteiger partial charge in [0.05, 0.1) is 6.33 Å². The lowest BCUT2D eigenvalue weighted by Crippen LogP contribution is -2.44. The van der Waals surface area contributed by atoms with Gasteiger partial charge in [0, 0.05) is 24.2 Å². The maximum absolute atomic E-state index is 13.3. The molecule has 1 amide bonds. The van der Waals surface area contributed by atoms with E-state index in [9.17, 15) is 40.7 Å². The fourth-order valence-electron chi connectivity index (χ4n) is 4.29. The van der Waals surface area contributed by atoms with E-state index in [1.807, 2.05) is 0 Å². The number of rotatable bonds is 5. The summed E-state index contributed by atoms with van der Waals surface area (Å²) in [4.78, 5) is 50.3. The second kappa shape index (κ2) is 8.75. The molecule has 4 heterocycles. The molecule has 206 valence electrons. The van der Waals surface area contributed by atoms with Crippen LogP contribution in [0.3, 0.4) is 0 Å². The van der Waals surface area contributed by atoms with Crippen LogP contribution in [-0.2, 0) is 30.1 Å². The second-order valence-electron chi connectivity index (χ2n) is 9.05. The van der Waals surface area contributed by atoms with Crippen molar-refractivity contribution in [2.24, 2.45) is 7.05 Å². The van der Waals surface area contributed by atoms with Crippen LogP contribution in [0.4, 0.5) is 32.2 Å². The first-order chi connectivity index (χ1) is 18.1. The number of pyridine rings is 1. The normalized spacial score (nSPS) is 15.1. The molecule has 0 atom stereocenters. The van der Waals surface area contributed by atoms with Gasteiger partial charge < -0.3 is 9.88 Å². The molecule has 5 rings (SSSR count). The van der Waals surface area contributed by atoms with Gasteiger partial charge in [-0.05, 0) is 31.4 Å². The maximum atomic E-state index is 13.3. The number of aromatic nitrogens is 6. The fraction of sp³-hybridized carbons (Fsp3) is 0.364. The first-order valence-electron chi connectivity index (χ1n) is 11.2. The van der Waals surface area contributed by atoms with Gasteiger partial charge in [-0.25, -0.2) is 19.3 Å². The Morgan fingerprint density at radius 1 is 1.15 bits per heavy atom. The summed E-state index contributed by atoms with van der Waals surface area (Å²) in [5, 5.41) is 4.34. The van der Waals surface area contributed by atoms with Crippen LogP contribution in [0, 0.1) is 6.92 Å². The number of nitrogens with one attached hydrogen (secondary N) is 1. The van der Waals surface area contributed by atoms with E-state index < -0.39 is 47.3 Å². The van der Waals surface area contributed by atoms with E-state index in [1.54, 1.807) is 0 Å². The number of alkyl halides is 6. The van der Waals surface area contributed by atoms with Gasteiger partial charge in [0.15, 0.2) is 11.2 Å². The molecular weight excluding hydrogens is 556 g/mol. The van der Waals surface area contributed by atoms with Crippen molar-refractivity contribution in [2.45, 2.75) is 44.2 Å². The monoisotopic (exact) mass is 573 g/mol. The van der Waals surface area contributed by atoms with Crippen molar-refractivity contribution in [3.8, 4) is 10.6 Å². The number of fused-ring (bicyclic) bond motifs is 1. The van der Waals surface area contributed by atoms with Crippen LogP contribution < -0.4 is 16.6 Å². The lowest BCUT2D eigenvalue weighted by molar-refractivity contribution is -0.142. The molecule has 1 fully saturated rings. The minimum atomic E-state index is -4.84. The Bertz CT molecular complexity index is 1740. The fourth-order valence-corrected chi connectivity index (χ4v) is 5.03. The van der Waals surface area contributed by atoms with Gasteiger partial charge in [-0.3, -0.25) is 19.1 Å². The Hall–Kier alpha value is -4.02. The number of amides is 1. The van der Waals surface area contributed by atoms with Crippen LogP contribution in [0.25, 0.3) is 21.7 Å². The highest BCUT2D eigenvalue weighted by Gasteiger charge is 2.53. The Kier molecular flexibility index (Phi) is 5.97. The van der Waals surface area contributed by atoms with Crippen molar-refractivity contribution in [1.29, 1.82) is 0 Å². The van der Waals surface area contributed by atoms with E-state index in [0.29, 0.717) is 5.56 Å². The predicted octanol–water partition coefficient (Wildman–Crippen LogP) is 3.43. The number of nitrogens with zero attached hydrogens (tertiary/aromatic N) is 6. The third kappa shape index (κ3) is 4.59. The second-order valence-corrected chi connectivity index (χ2v) is 9.90. The predicted molar refractivity (Wildman–Crippen MR) is 126 cm³/mol. The molecule has 1 saturated carbocycles. The molecule has 1 aliphatic rings. The van der Waals surface area contributed by atoms with Gasteiger partial charge >= 0.3 is 18.0 Å². The highest BCUT2D eigenvalue weighted by molar-refractivity contribution is 7.13. The van der Waals surface area contributed by atoms with Gasteiger partial charge in [0.1, 0.15) is 28.6 Å². The van der Waals surface area contributed by atoms with E-state index in [2.05, 4.69) is 20.3 Å². The smallest absolute Gasteiger partial charge is 0.309 e. The standard InChI is InChI=1S/C22H17F6N7O3S/c1-10-5-11(6-29-14(10)22(26,27)28)16-31-12(7-39-16)32-18(37)20(3-4-20)35-9-30-15-13(35)17(36)34(8-21(23,24)25)19(38)33(15)2/h5-7,9H,3-4,8H2,1-2H3,(H,32,37). The van der Waals surface area contributed by atoms with Crippen molar-refractivity contribution in [2.75, 3.05) is 5.32 Å². The van der Waals surface area contributed by atoms with Crippen LogP contribution >= 0.6 is 11.3 Å². The minimum absolute atomic E-state index is 0.0429. The molecule has 0 saturated heterocycles. The van der Waals surface area contributed by atoms with E-state index in [1.165, 1.54) is 30.0 Å². The molecule has 0 aromatic carbocycles. The van der Waals surface area contributed by atoms with Crippen molar-refractivity contribution in [1.82, 2.24) is 28.7 Å². The molecular formula is C22H17F6N7O3S. The Morgan fingerprint density at radius 3 is 2.44 bits per heavy atom. The number of carbonyl (C=O) groups is 1. The zero-order chi connectivity index (χ0) is 28.5. The highest BCUT2D eigenvalue weighted by atomic mass is 32.1. The van der Waals surface area contributed by atoms with Crippen LogP contribution in [0.1, 0.15) is 24.1 Å². The summed E-state index contributed by atoms with van der Waals surface area (Å²) in [6.45, 7) is -0.543. The number of anilines is 1. The van der Waals surface area contributed by atoms with Gasteiger partial charge in [-0.1, -0.05) is 0 Å². The number of halogens is 6. The molecule has 0 unspecified atom stereocenters. The molecule has 0 bridgehead atoms. The van der Waals surface area contributed by atoms with Crippen molar-refractivity contribution < 1.29 is 31.1 Å². The number of imidazole rings is 1. The summed E-state index contributed by atoms with van der Waals surface area (Å²) >= 11 is 1.05. The molecule has 4 aromatic heterocycles. The van der Waals surface area contributed by atoms with Crippen LogP contribution in [-0.4, -0.2) is 40.7 Å². The summed E-state index contributed by atoms with van der Waals surface area (Å²) in [6.07, 6.45) is -6.85. The molecule has 1 aliphatic carbocycles. The molecule has 10 nitrogen and oxygen atoms in total. The van der Waals surface area contributed by atoms with Crippen LogP contribution in [0.5, 0.6) is 0 Å². The van der Waals surface area contributed by atoms with Crippen LogP contribution in [0.2, 0.25) is 0 Å². The number of hydrogen-bond donors (Lipinski definition) is 1. The van der Waals surface area contributed by atoms with Gasteiger partial charge in [0.2, 0.25) is 0 Å². The molecule has 4 aromatic rings. The van der Waals surface area contributed by atoms with Crippen molar-refractivity contribution in [3.05, 3.63) is 56.1 Å². The molecule has 1 N–H and O–H groups in total. The topological polar surface area (TPSA) is 117 Å². The van der Waals surface area contributed by atoms with Gasteiger partial charge in [0.25, 0.3) is 11.5 Å². The lowest BCUT2D eigenvalue weighted by atomic mass is 10.1. The zero-order valence-corrected chi connectivity index (χ0v) is 20.8. The van der Waals surface area contributed by atoms with E-state index in [0.717, 1.165) is 28.4 Å². The summed E-state index contributed by atoms with van der Waals surface area (Å²) in [6, 6.07) is 1.27. The third-order valence-corrected chi connectivity index (χ3v) is 7.21. The quantitative estimate of drug-likeness (QED) is 0.366. The van der Waals surface area contributed by atoms with Crippen LogP contribution in [0.15, 0.2) is 33.6 Å². The molecule has 0 spiro atoms. The molecule has 17 heteroatoms. The van der Waals surface area contributed by atoms with E-state index in [-0.39, 0.29) is 45.0 Å². The summed E-state index contributed by atoms with van der Waals surface area (Å²) in [7, 11) is 1.17. The first kappa shape index (κ1) is 26.6. The lowest BCUT2D eigenvalue weighted by Gasteiger charge is -2.18. The largest absolute Gasteiger partial charge is 0.433 e. The summed E-state index contributed by atoms with van der Waals surface area (Å²) in [5.74, 6) is -0.550. The van der Waals surface area contributed by atoms with E-state index in [4.69, 9.17) is 0 Å². The third-order valence-electron chi connectivity index (χ3n) is 6.32. The summed E-state index contributed by atoms with van der Waals surface area (Å²) < 4.78 is 80.2. The first-order valence-corrected chi connectivity index (χ1v) is 12.1. The highest BCUT2D eigenvalue weighted by Crippen LogP contribution is 2.45. The van der Waals surface area contributed by atoms with Gasteiger partial charge in [-0.15, -0.1) is 11.3 Å².